The summed E-state index contributed by atoms with van der Waals surface area (Å²) in [5, 5.41) is 6.51. The third-order valence-corrected chi connectivity index (χ3v) is 4.50. The second-order valence-electron chi connectivity index (χ2n) is 4.61. The molecule has 0 radical (unpaired) electrons. The Labute approximate surface area is 127 Å². The highest BCUT2D eigenvalue weighted by Gasteiger charge is 2.12. The van der Waals surface area contributed by atoms with Gasteiger partial charge in [0.2, 0.25) is 0 Å². The summed E-state index contributed by atoms with van der Waals surface area (Å²) in [4.78, 5) is 21.3. The van der Waals surface area contributed by atoms with Gasteiger partial charge in [-0.1, -0.05) is 0 Å². The van der Waals surface area contributed by atoms with Gasteiger partial charge in [-0.3, -0.25) is 0 Å². The molecule has 1 aromatic carbocycles. The maximum atomic E-state index is 11.3. The van der Waals surface area contributed by atoms with Crippen LogP contribution >= 0.6 is 27.3 Å². The number of aromatic amines is 2. The van der Waals surface area contributed by atoms with Crippen molar-refractivity contribution < 1.29 is 0 Å². The molecular weight excluding hydrogens is 340 g/mol. The Morgan fingerprint density at radius 2 is 2.05 bits per heavy atom. The fourth-order valence-electron chi connectivity index (χ4n) is 2.05. The number of fused-ring (bicyclic) bond motifs is 1. The maximum absolute atomic E-state index is 11.3. The standard InChI is InChI=1S/C13H13BrN4OS/c1-6(12-5-20-7(2)16-12)15-9-4-11-10(3-8(9)14)17-13(19)18-11/h3-6,15H,1-2H3,(H2,17,18,19). The fourth-order valence-corrected chi connectivity index (χ4v) is 3.22. The molecule has 2 aromatic heterocycles. The van der Waals surface area contributed by atoms with Crippen LogP contribution in [-0.4, -0.2) is 15.0 Å². The number of nitrogens with one attached hydrogen (secondary N) is 3. The summed E-state index contributed by atoms with van der Waals surface area (Å²) in [5.41, 5.74) is 3.30. The third-order valence-electron chi connectivity index (χ3n) is 3.06. The Bertz CT molecular complexity index is 819. The van der Waals surface area contributed by atoms with Crippen molar-refractivity contribution in [2.24, 2.45) is 0 Å². The minimum Gasteiger partial charge on any atom is -0.376 e. The van der Waals surface area contributed by atoms with E-state index in [4.69, 9.17) is 0 Å². The lowest BCUT2D eigenvalue weighted by Gasteiger charge is -2.14. The predicted molar refractivity (Wildman–Crippen MR) is 85.5 cm³/mol. The van der Waals surface area contributed by atoms with E-state index in [9.17, 15) is 4.79 Å². The largest absolute Gasteiger partial charge is 0.376 e. The maximum Gasteiger partial charge on any atom is 0.323 e. The fraction of sp³-hybridized carbons (Fsp3) is 0.231. The number of hydrogen-bond acceptors (Lipinski definition) is 4. The van der Waals surface area contributed by atoms with E-state index in [0.717, 1.165) is 31.9 Å². The average molecular weight is 353 g/mol. The predicted octanol–water partition coefficient (Wildman–Crippen LogP) is 3.56. The van der Waals surface area contributed by atoms with Crippen LogP contribution in [0.2, 0.25) is 0 Å². The molecule has 0 fully saturated rings. The number of H-pyrrole nitrogens is 2. The summed E-state index contributed by atoms with van der Waals surface area (Å²) in [7, 11) is 0. The average Bonchev–Trinajstić information content (AvgIpc) is 2.95. The molecule has 7 heteroatoms. The van der Waals surface area contributed by atoms with Crippen LogP contribution in [0.5, 0.6) is 0 Å². The molecule has 1 unspecified atom stereocenters. The van der Waals surface area contributed by atoms with Crippen molar-refractivity contribution in [1.82, 2.24) is 15.0 Å². The number of aromatic nitrogens is 3. The second kappa shape index (κ2) is 5.06. The molecular formula is C13H13BrN4OS. The third kappa shape index (κ3) is 2.51. The van der Waals surface area contributed by atoms with Gasteiger partial charge in [-0.05, 0) is 41.9 Å². The summed E-state index contributed by atoms with van der Waals surface area (Å²) < 4.78 is 0.902. The first-order chi connectivity index (χ1) is 9.52. The molecule has 2 heterocycles. The van der Waals surface area contributed by atoms with Crippen LogP contribution in [0.15, 0.2) is 26.8 Å². The van der Waals surface area contributed by atoms with Gasteiger partial charge in [0.1, 0.15) is 0 Å². The van der Waals surface area contributed by atoms with E-state index in [1.807, 2.05) is 19.1 Å². The zero-order valence-corrected chi connectivity index (χ0v) is 13.4. The molecule has 5 nitrogen and oxygen atoms in total. The Morgan fingerprint density at radius 3 is 2.70 bits per heavy atom. The van der Waals surface area contributed by atoms with Crippen LogP contribution in [-0.2, 0) is 0 Å². The Morgan fingerprint density at radius 1 is 1.35 bits per heavy atom. The van der Waals surface area contributed by atoms with Crippen LogP contribution in [0.4, 0.5) is 5.69 Å². The lowest BCUT2D eigenvalue weighted by atomic mass is 10.2. The van der Waals surface area contributed by atoms with Crippen LogP contribution in [0.25, 0.3) is 11.0 Å². The minimum absolute atomic E-state index is 0.0966. The van der Waals surface area contributed by atoms with Crippen molar-refractivity contribution in [1.29, 1.82) is 0 Å². The first kappa shape index (κ1) is 13.4. The first-order valence-corrected chi connectivity index (χ1v) is 7.80. The van der Waals surface area contributed by atoms with Gasteiger partial charge in [0, 0.05) is 9.85 Å². The molecule has 0 spiro atoms. The number of anilines is 1. The van der Waals surface area contributed by atoms with Gasteiger partial charge in [0.05, 0.1) is 33.5 Å². The van der Waals surface area contributed by atoms with Gasteiger partial charge < -0.3 is 15.3 Å². The first-order valence-electron chi connectivity index (χ1n) is 6.13. The van der Waals surface area contributed by atoms with E-state index in [1.54, 1.807) is 11.3 Å². The molecule has 0 bridgehead atoms. The highest BCUT2D eigenvalue weighted by Crippen LogP contribution is 2.29. The number of nitrogens with zero attached hydrogens (tertiary/aromatic N) is 1. The molecule has 20 heavy (non-hydrogen) atoms. The summed E-state index contributed by atoms with van der Waals surface area (Å²) in [6.45, 7) is 4.05. The number of benzene rings is 1. The van der Waals surface area contributed by atoms with Gasteiger partial charge in [0.15, 0.2) is 0 Å². The smallest absolute Gasteiger partial charge is 0.323 e. The summed E-state index contributed by atoms with van der Waals surface area (Å²) in [6.07, 6.45) is 0. The highest BCUT2D eigenvalue weighted by atomic mass is 79.9. The van der Waals surface area contributed by atoms with E-state index in [1.165, 1.54) is 0 Å². The zero-order chi connectivity index (χ0) is 14.3. The number of halogens is 1. The molecule has 0 amide bonds. The molecule has 3 aromatic rings. The number of rotatable bonds is 3. The molecule has 0 saturated carbocycles. The Kier molecular flexibility index (Phi) is 3.39. The second-order valence-corrected chi connectivity index (χ2v) is 6.53. The Hall–Kier alpha value is -1.60. The monoisotopic (exact) mass is 352 g/mol. The van der Waals surface area contributed by atoms with E-state index in [2.05, 4.69) is 48.5 Å². The van der Waals surface area contributed by atoms with Gasteiger partial charge >= 0.3 is 5.69 Å². The zero-order valence-electron chi connectivity index (χ0n) is 11.0. The molecule has 0 saturated heterocycles. The van der Waals surface area contributed by atoms with Crippen LogP contribution in [0.1, 0.15) is 23.7 Å². The van der Waals surface area contributed by atoms with Crippen LogP contribution in [0.3, 0.4) is 0 Å². The van der Waals surface area contributed by atoms with Gasteiger partial charge in [-0.25, -0.2) is 9.78 Å². The Balaban J connectivity index is 1.93. The molecule has 1 atom stereocenters. The normalized spacial score (nSPS) is 12.8. The van der Waals surface area contributed by atoms with E-state index >= 15 is 0 Å². The molecule has 3 N–H and O–H groups in total. The molecule has 3 rings (SSSR count). The molecule has 0 aliphatic heterocycles. The van der Waals surface area contributed by atoms with Crippen molar-refractivity contribution in [3.05, 3.63) is 43.2 Å². The number of thiazole rings is 1. The van der Waals surface area contributed by atoms with E-state index in [-0.39, 0.29) is 11.7 Å². The number of imidazole rings is 1. The SMILES string of the molecule is Cc1nc(C(C)Nc2cc3[nH]c(=O)[nH]c3cc2Br)cs1. The molecule has 0 aliphatic carbocycles. The summed E-state index contributed by atoms with van der Waals surface area (Å²) in [5.74, 6) is 0. The van der Waals surface area contributed by atoms with Crippen molar-refractivity contribution in [2.75, 3.05) is 5.32 Å². The summed E-state index contributed by atoms with van der Waals surface area (Å²) >= 11 is 5.15. The van der Waals surface area contributed by atoms with Crippen molar-refractivity contribution in [3.8, 4) is 0 Å². The minimum atomic E-state index is -0.202. The van der Waals surface area contributed by atoms with Crippen LogP contribution < -0.4 is 11.0 Å². The number of aryl methyl sites for hydroxylation is 1. The quantitative estimate of drug-likeness (QED) is 0.674. The topological polar surface area (TPSA) is 73.6 Å². The van der Waals surface area contributed by atoms with Crippen LogP contribution in [0, 0.1) is 6.92 Å². The van der Waals surface area contributed by atoms with E-state index < -0.39 is 0 Å². The summed E-state index contributed by atoms with van der Waals surface area (Å²) in [6, 6.07) is 3.89. The van der Waals surface area contributed by atoms with E-state index in [0.29, 0.717) is 0 Å². The number of hydrogen-bond donors (Lipinski definition) is 3. The van der Waals surface area contributed by atoms with Gasteiger partial charge in [-0.15, -0.1) is 11.3 Å². The van der Waals surface area contributed by atoms with Gasteiger partial charge in [-0.2, -0.15) is 0 Å². The highest BCUT2D eigenvalue weighted by molar-refractivity contribution is 9.10. The van der Waals surface area contributed by atoms with Crippen molar-refractivity contribution >= 4 is 44.0 Å². The van der Waals surface area contributed by atoms with Gasteiger partial charge in [0.25, 0.3) is 0 Å². The lowest BCUT2D eigenvalue weighted by Crippen LogP contribution is -2.07. The van der Waals surface area contributed by atoms with Crippen molar-refractivity contribution in [2.45, 2.75) is 19.9 Å². The van der Waals surface area contributed by atoms with Crippen molar-refractivity contribution in [3.63, 3.8) is 0 Å². The lowest BCUT2D eigenvalue weighted by molar-refractivity contribution is 0.845. The molecule has 104 valence electrons. The molecule has 0 aliphatic rings.